The van der Waals surface area contributed by atoms with Crippen LogP contribution in [0.4, 0.5) is 5.69 Å². The molecular formula is C16H24N2O. The molecule has 1 atom stereocenters. The van der Waals surface area contributed by atoms with Gasteiger partial charge in [-0.3, -0.25) is 4.90 Å². The third-order valence-corrected chi connectivity index (χ3v) is 4.52. The first-order valence-electron chi connectivity index (χ1n) is 7.32. The quantitative estimate of drug-likeness (QED) is 0.904. The Morgan fingerprint density at radius 1 is 1.42 bits per heavy atom. The van der Waals surface area contributed by atoms with Gasteiger partial charge in [0.15, 0.2) is 0 Å². The fourth-order valence-corrected chi connectivity index (χ4v) is 3.32. The van der Waals surface area contributed by atoms with E-state index in [9.17, 15) is 0 Å². The molecule has 0 bridgehead atoms. The Labute approximate surface area is 115 Å². The number of anilines is 1. The summed E-state index contributed by atoms with van der Waals surface area (Å²) in [5.74, 6) is 0. The summed E-state index contributed by atoms with van der Waals surface area (Å²) >= 11 is 0. The summed E-state index contributed by atoms with van der Waals surface area (Å²) in [6.07, 6.45) is 3.57. The second-order valence-electron chi connectivity index (χ2n) is 6.14. The third-order valence-electron chi connectivity index (χ3n) is 4.52. The average molecular weight is 260 g/mol. The number of nitrogens with one attached hydrogen (secondary N) is 1. The Kier molecular flexibility index (Phi) is 3.50. The number of benzene rings is 1. The number of nitrogens with zero attached hydrogens (tertiary/aromatic N) is 1. The second kappa shape index (κ2) is 5.14. The Bertz CT molecular complexity index is 460. The monoisotopic (exact) mass is 260 g/mol. The summed E-state index contributed by atoms with van der Waals surface area (Å²) < 4.78 is 5.67. The smallest absolute Gasteiger partial charge is 0.0777 e. The number of methoxy groups -OCH3 is 1. The molecule has 0 radical (unpaired) electrons. The molecule has 0 aromatic heterocycles. The molecule has 1 aromatic rings. The van der Waals surface area contributed by atoms with E-state index in [2.05, 4.69) is 35.3 Å². The summed E-state index contributed by atoms with van der Waals surface area (Å²) in [4.78, 5) is 2.52. The zero-order valence-electron chi connectivity index (χ0n) is 12.0. The molecule has 0 saturated carbocycles. The number of hydrogen-bond acceptors (Lipinski definition) is 3. The number of hydrogen-bond donors (Lipinski definition) is 1. The van der Waals surface area contributed by atoms with Crippen LogP contribution in [0.2, 0.25) is 0 Å². The van der Waals surface area contributed by atoms with Crippen LogP contribution in [0, 0.1) is 0 Å². The molecule has 1 unspecified atom stereocenters. The van der Waals surface area contributed by atoms with E-state index >= 15 is 0 Å². The van der Waals surface area contributed by atoms with E-state index in [0.717, 1.165) is 19.6 Å². The molecule has 1 fully saturated rings. The molecule has 1 N–H and O–H groups in total. The van der Waals surface area contributed by atoms with Gasteiger partial charge in [0.25, 0.3) is 0 Å². The minimum absolute atomic E-state index is 0.0382. The molecule has 2 aliphatic heterocycles. The summed E-state index contributed by atoms with van der Waals surface area (Å²) in [7, 11) is 1.84. The lowest BCUT2D eigenvalue weighted by molar-refractivity contribution is -0.0527. The topological polar surface area (TPSA) is 24.5 Å². The van der Waals surface area contributed by atoms with E-state index in [4.69, 9.17) is 4.74 Å². The molecule has 104 valence electrons. The minimum atomic E-state index is 0.0382. The van der Waals surface area contributed by atoms with Crippen molar-refractivity contribution in [3.63, 3.8) is 0 Å². The second-order valence-corrected chi connectivity index (χ2v) is 6.14. The van der Waals surface area contributed by atoms with Gasteiger partial charge in [0, 0.05) is 32.4 Å². The molecule has 3 nitrogen and oxygen atoms in total. The van der Waals surface area contributed by atoms with Gasteiger partial charge in [0.05, 0.1) is 5.60 Å². The maximum absolute atomic E-state index is 5.67. The zero-order chi connectivity index (χ0) is 13.3. The Morgan fingerprint density at radius 3 is 3.16 bits per heavy atom. The van der Waals surface area contributed by atoms with Crippen LogP contribution in [-0.4, -0.2) is 37.2 Å². The van der Waals surface area contributed by atoms with Gasteiger partial charge in [-0.2, -0.15) is 0 Å². The molecule has 2 heterocycles. The highest BCUT2D eigenvalue weighted by atomic mass is 16.5. The van der Waals surface area contributed by atoms with E-state index in [0.29, 0.717) is 0 Å². The van der Waals surface area contributed by atoms with Crippen molar-refractivity contribution < 1.29 is 4.74 Å². The highest BCUT2D eigenvalue weighted by molar-refractivity contribution is 5.56. The molecule has 0 amide bonds. The van der Waals surface area contributed by atoms with Crippen molar-refractivity contribution in [2.24, 2.45) is 0 Å². The SMILES string of the molecule is COC1(C)CCCN(Cc2ccc3c(c2)CCN3)C1. The van der Waals surface area contributed by atoms with E-state index in [1.54, 1.807) is 0 Å². The highest BCUT2D eigenvalue weighted by Crippen LogP contribution is 2.27. The predicted octanol–water partition coefficient (Wildman–Crippen LogP) is 2.66. The molecule has 1 saturated heterocycles. The van der Waals surface area contributed by atoms with Gasteiger partial charge in [-0.15, -0.1) is 0 Å². The van der Waals surface area contributed by atoms with Gasteiger partial charge in [0.2, 0.25) is 0 Å². The lowest BCUT2D eigenvalue weighted by Crippen LogP contribution is -2.46. The van der Waals surface area contributed by atoms with Crippen LogP contribution in [0.3, 0.4) is 0 Å². The van der Waals surface area contributed by atoms with Gasteiger partial charge in [-0.05, 0) is 49.9 Å². The van der Waals surface area contributed by atoms with Crippen LogP contribution >= 0.6 is 0 Å². The zero-order valence-corrected chi connectivity index (χ0v) is 12.0. The largest absolute Gasteiger partial charge is 0.384 e. The maximum atomic E-state index is 5.67. The Morgan fingerprint density at radius 2 is 2.32 bits per heavy atom. The minimum Gasteiger partial charge on any atom is -0.384 e. The normalized spacial score (nSPS) is 27.1. The molecule has 2 aliphatic rings. The van der Waals surface area contributed by atoms with Crippen molar-refractivity contribution in [3.05, 3.63) is 29.3 Å². The highest BCUT2D eigenvalue weighted by Gasteiger charge is 2.30. The van der Waals surface area contributed by atoms with E-state index < -0.39 is 0 Å². The van der Waals surface area contributed by atoms with Crippen LogP contribution in [0.15, 0.2) is 18.2 Å². The van der Waals surface area contributed by atoms with Crippen LogP contribution in [-0.2, 0) is 17.7 Å². The van der Waals surface area contributed by atoms with Gasteiger partial charge < -0.3 is 10.1 Å². The first-order valence-corrected chi connectivity index (χ1v) is 7.32. The lowest BCUT2D eigenvalue weighted by Gasteiger charge is -2.39. The molecule has 19 heavy (non-hydrogen) atoms. The summed E-state index contributed by atoms with van der Waals surface area (Å²) in [6.45, 7) is 6.59. The van der Waals surface area contributed by atoms with Crippen LogP contribution < -0.4 is 5.32 Å². The molecule has 3 heteroatoms. The fourth-order valence-electron chi connectivity index (χ4n) is 3.32. The van der Waals surface area contributed by atoms with Crippen molar-refractivity contribution in [1.82, 2.24) is 4.90 Å². The maximum Gasteiger partial charge on any atom is 0.0777 e. The van der Waals surface area contributed by atoms with E-state index in [1.165, 1.54) is 42.6 Å². The number of likely N-dealkylation sites (tertiary alicyclic amines) is 1. The Hall–Kier alpha value is -1.06. The van der Waals surface area contributed by atoms with Gasteiger partial charge in [-0.25, -0.2) is 0 Å². The third kappa shape index (κ3) is 2.77. The van der Waals surface area contributed by atoms with Gasteiger partial charge >= 0.3 is 0 Å². The first-order chi connectivity index (χ1) is 9.18. The summed E-state index contributed by atoms with van der Waals surface area (Å²) in [6, 6.07) is 6.86. The number of piperidine rings is 1. The molecular weight excluding hydrogens is 236 g/mol. The lowest BCUT2D eigenvalue weighted by atomic mass is 9.94. The number of ether oxygens (including phenoxy) is 1. The van der Waals surface area contributed by atoms with Crippen LogP contribution in [0.5, 0.6) is 0 Å². The standard InChI is InChI=1S/C16H24N2O/c1-16(19-2)7-3-9-18(12-16)11-13-4-5-15-14(10-13)6-8-17-15/h4-5,10,17H,3,6-9,11-12H2,1-2H3. The Balaban J connectivity index is 1.68. The van der Waals surface area contributed by atoms with E-state index in [1.807, 2.05) is 7.11 Å². The van der Waals surface area contributed by atoms with Crippen molar-refractivity contribution >= 4 is 5.69 Å². The molecule has 0 aliphatic carbocycles. The van der Waals surface area contributed by atoms with Crippen LogP contribution in [0.25, 0.3) is 0 Å². The predicted molar refractivity (Wildman–Crippen MR) is 78.6 cm³/mol. The van der Waals surface area contributed by atoms with Crippen molar-refractivity contribution in [2.45, 2.75) is 38.3 Å². The molecule has 0 spiro atoms. The number of rotatable bonds is 3. The van der Waals surface area contributed by atoms with Crippen molar-refractivity contribution in [2.75, 3.05) is 32.1 Å². The van der Waals surface area contributed by atoms with E-state index in [-0.39, 0.29) is 5.60 Å². The van der Waals surface area contributed by atoms with Gasteiger partial charge in [-0.1, -0.05) is 12.1 Å². The summed E-state index contributed by atoms with van der Waals surface area (Å²) in [5.41, 5.74) is 4.27. The fraction of sp³-hybridized carbons (Fsp3) is 0.625. The average Bonchev–Trinajstić information content (AvgIpc) is 2.86. The summed E-state index contributed by atoms with van der Waals surface area (Å²) in [5, 5.41) is 3.42. The van der Waals surface area contributed by atoms with Crippen molar-refractivity contribution in [1.29, 1.82) is 0 Å². The number of fused-ring (bicyclic) bond motifs is 1. The first kappa shape index (κ1) is 12.9. The van der Waals surface area contributed by atoms with Crippen molar-refractivity contribution in [3.8, 4) is 0 Å². The molecule has 1 aromatic carbocycles. The molecule has 3 rings (SSSR count). The van der Waals surface area contributed by atoms with Crippen LogP contribution in [0.1, 0.15) is 30.9 Å². The van der Waals surface area contributed by atoms with Gasteiger partial charge in [0.1, 0.15) is 0 Å².